The van der Waals surface area contributed by atoms with Gasteiger partial charge in [0.05, 0.1) is 5.92 Å². The second-order valence-electron chi connectivity index (χ2n) is 6.65. The predicted molar refractivity (Wildman–Crippen MR) is 113 cm³/mol. The highest BCUT2D eigenvalue weighted by atomic mass is 32.1. The Hall–Kier alpha value is -3.00. The van der Waals surface area contributed by atoms with Crippen molar-refractivity contribution in [3.05, 3.63) is 66.2 Å². The molecule has 0 heterocycles. The highest BCUT2D eigenvalue weighted by Gasteiger charge is 2.41. The maximum atomic E-state index is 12.9. The number of carboxylic acid groups (broad SMARTS) is 2. The molecule has 0 aromatic heterocycles. The first-order chi connectivity index (χ1) is 13.9. The van der Waals surface area contributed by atoms with Crippen molar-refractivity contribution in [1.82, 2.24) is 5.32 Å². The lowest BCUT2D eigenvalue weighted by Gasteiger charge is -2.33. The third-order valence-corrected chi connectivity index (χ3v) is 4.90. The van der Waals surface area contributed by atoms with Crippen LogP contribution in [-0.4, -0.2) is 39.5 Å². The number of hydrogen-bond donors (Lipinski definition) is 5. The molecule has 7 nitrogen and oxygen atoms in total. The molecular formula is C21H24N2O5S. The highest BCUT2D eigenvalue weighted by Crippen LogP contribution is 2.21. The van der Waals surface area contributed by atoms with E-state index in [9.17, 15) is 19.5 Å². The number of amides is 1. The number of para-hydroxylation sites is 1. The Morgan fingerprint density at radius 3 is 2.07 bits per heavy atom. The summed E-state index contributed by atoms with van der Waals surface area (Å²) in [6.45, 7) is 0. The van der Waals surface area contributed by atoms with Gasteiger partial charge in [0.15, 0.2) is 0 Å². The molecule has 0 saturated heterocycles. The number of carboxylic acids is 2. The fourth-order valence-corrected chi connectivity index (χ4v) is 3.18. The van der Waals surface area contributed by atoms with E-state index in [1.165, 1.54) is 0 Å². The third kappa shape index (κ3) is 6.53. The molecule has 0 aliphatic heterocycles. The number of anilines is 1. The maximum absolute atomic E-state index is 12.9. The van der Waals surface area contributed by atoms with Crippen LogP contribution in [0.3, 0.4) is 0 Å². The molecule has 0 unspecified atom stereocenters. The molecule has 2 aromatic carbocycles. The van der Waals surface area contributed by atoms with Crippen molar-refractivity contribution < 1.29 is 24.6 Å². The van der Waals surface area contributed by atoms with Gasteiger partial charge in [0.2, 0.25) is 11.6 Å². The van der Waals surface area contributed by atoms with Gasteiger partial charge < -0.3 is 20.8 Å². The van der Waals surface area contributed by atoms with Crippen LogP contribution in [0, 0.1) is 5.92 Å². The van der Waals surface area contributed by atoms with E-state index in [4.69, 9.17) is 5.11 Å². The molecule has 0 fully saturated rings. The van der Waals surface area contributed by atoms with Crippen LogP contribution in [0.1, 0.15) is 18.4 Å². The molecule has 2 aromatic rings. The SMILES string of the molecule is O=C(O)CC[C@@](NC(=O)[C@H](CS)Cc1ccccc1)(Nc1ccccc1)C(=O)O. The first-order valence-electron chi connectivity index (χ1n) is 9.11. The number of aliphatic carboxylic acids is 2. The molecule has 0 radical (unpaired) electrons. The van der Waals surface area contributed by atoms with Crippen molar-refractivity contribution in [3.8, 4) is 0 Å². The van der Waals surface area contributed by atoms with Gasteiger partial charge in [-0.1, -0.05) is 48.5 Å². The number of hydrogen-bond acceptors (Lipinski definition) is 5. The first-order valence-corrected chi connectivity index (χ1v) is 9.75. The summed E-state index contributed by atoms with van der Waals surface area (Å²) < 4.78 is 0. The van der Waals surface area contributed by atoms with Crippen LogP contribution in [0.4, 0.5) is 5.69 Å². The number of nitrogens with one attached hydrogen (secondary N) is 2. The van der Waals surface area contributed by atoms with E-state index >= 15 is 0 Å². The number of thiol groups is 1. The fraction of sp³-hybridized carbons (Fsp3) is 0.286. The van der Waals surface area contributed by atoms with E-state index in [1.807, 2.05) is 30.3 Å². The van der Waals surface area contributed by atoms with Crippen LogP contribution in [-0.2, 0) is 20.8 Å². The molecule has 0 bridgehead atoms. The van der Waals surface area contributed by atoms with Crippen LogP contribution < -0.4 is 10.6 Å². The molecule has 0 aliphatic rings. The summed E-state index contributed by atoms with van der Waals surface area (Å²) in [4.78, 5) is 36.2. The molecule has 2 rings (SSSR count). The molecule has 0 spiro atoms. The third-order valence-electron chi connectivity index (χ3n) is 4.46. The average molecular weight is 416 g/mol. The van der Waals surface area contributed by atoms with Gasteiger partial charge in [0.1, 0.15) is 0 Å². The molecule has 154 valence electrons. The zero-order chi connectivity index (χ0) is 21.3. The smallest absolute Gasteiger partial charge is 0.350 e. The second kappa shape index (κ2) is 10.5. The Balaban J connectivity index is 2.26. The zero-order valence-corrected chi connectivity index (χ0v) is 16.6. The highest BCUT2D eigenvalue weighted by molar-refractivity contribution is 7.80. The largest absolute Gasteiger partial charge is 0.481 e. The summed E-state index contributed by atoms with van der Waals surface area (Å²) in [7, 11) is 0. The fourth-order valence-electron chi connectivity index (χ4n) is 2.88. The number of benzene rings is 2. The lowest BCUT2D eigenvalue weighted by molar-refractivity contribution is -0.148. The zero-order valence-electron chi connectivity index (χ0n) is 15.7. The predicted octanol–water partition coefficient (Wildman–Crippen LogP) is 2.65. The normalized spacial score (nSPS) is 13.7. The number of carbonyl (C=O) groups excluding carboxylic acids is 1. The monoisotopic (exact) mass is 416 g/mol. The van der Waals surface area contributed by atoms with Gasteiger partial charge in [-0.2, -0.15) is 12.6 Å². The lowest BCUT2D eigenvalue weighted by atomic mass is 9.97. The van der Waals surface area contributed by atoms with E-state index in [0.29, 0.717) is 12.1 Å². The summed E-state index contributed by atoms with van der Waals surface area (Å²) in [6, 6.07) is 17.8. The van der Waals surface area contributed by atoms with Gasteiger partial charge in [0.25, 0.3) is 0 Å². The van der Waals surface area contributed by atoms with Crippen LogP contribution in [0.2, 0.25) is 0 Å². The Morgan fingerprint density at radius 1 is 0.966 bits per heavy atom. The van der Waals surface area contributed by atoms with Crippen LogP contribution >= 0.6 is 12.6 Å². The van der Waals surface area contributed by atoms with E-state index in [0.717, 1.165) is 5.56 Å². The van der Waals surface area contributed by atoms with Gasteiger partial charge in [-0.15, -0.1) is 0 Å². The Bertz CT molecular complexity index is 831. The Labute approximate surface area is 174 Å². The van der Waals surface area contributed by atoms with Gasteiger partial charge in [-0.25, -0.2) is 4.79 Å². The van der Waals surface area contributed by atoms with Crippen LogP contribution in [0.15, 0.2) is 60.7 Å². The summed E-state index contributed by atoms with van der Waals surface area (Å²) in [5.74, 6) is -3.41. The topological polar surface area (TPSA) is 116 Å². The molecule has 0 saturated carbocycles. The molecule has 1 amide bonds. The minimum Gasteiger partial charge on any atom is -0.481 e. The van der Waals surface area contributed by atoms with E-state index in [1.54, 1.807) is 30.3 Å². The van der Waals surface area contributed by atoms with Gasteiger partial charge in [-0.05, 0) is 24.1 Å². The average Bonchev–Trinajstić information content (AvgIpc) is 2.71. The van der Waals surface area contributed by atoms with E-state index in [2.05, 4.69) is 23.3 Å². The van der Waals surface area contributed by atoms with Crippen molar-refractivity contribution in [2.45, 2.75) is 24.9 Å². The standard InChI is InChI=1S/C21H24N2O5S/c24-18(25)11-12-21(20(27)28,22-17-9-5-2-6-10-17)23-19(26)16(14-29)13-15-7-3-1-4-8-15/h1-10,16,22,29H,11-14H2,(H,23,26)(H,24,25)(H,27,28)/t16-,21-/m0/s1. The van der Waals surface area contributed by atoms with E-state index in [-0.39, 0.29) is 12.2 Å². The Kier molecular flexibility index (Phi) is 8.09. The quantitative estimate of drug-likeness (QED) is 0.284. The summed E-state index contributed by atoms with van der Waals surface area (Å²) in [5, 5.41) is 24.3. The number of rotatable bonds is 11. The molecule has 4 N–H and O–H groups in total. The Morgan fingerprint density at radius 2 is 1.55 bits per heavy atom. The summed E-state index contributed by atoms with van der Waals surface area (Å²) >= 11 is 4.25. The van der Waals surface area contributed by atoms with Crippen LogP contribution in [0.5, 0.6) is 0 Å². The molecule has 29 heavy (non-hydrogen) atoms. The van der Waals surface area contributed by atoms with Crippen molar-refractivity contribution in [2.75, 3.05) is 11.1 Å². The maximum Gasteiger partial charge on any atom is 0.350 e. The lowest BCUT2D eigenvalue weighted by Crippen LogP contribution is -2.61. The minimum atomic E-state index is -1.96. The van der Waals surface area contributed by atoms with E-state index < -0.39 is 35.8 Å². The second-order valence-corrected chi connectivity index (χ2v) is 7.02. The van der Waals surface area contributed by atoms with Gasteiger partial charge >= 0.3 is 11.9 Å². The molecule has 2 atom stereocenters. The first kappa shape index (κ1) is 22.3. The summed E-state index contributed by atoms with van der Waals surface area (Å²) in [6.07, 6.45) is -0.379. The molecular weight excluding hydrogens is 392 g/mol. The van der Waals surface area contributed by atoms with Crippen molar-refractivity contribution in [1.29, 1.82) is 0 Å². The van der Waals surface area contributed by atoms with Crippen molar-refractivity contribution in [2.24, 2.45) is 5.92 Å². The number of carbonyl (C=O) groups is 3. The van der Waals surface area contributed by atoms with Gasteiger partial charge in [0, 0.05) is 24.3 Å². The van der Waals surface area contributed by atoms with Gasteiger partial charge in [-0.3, -0.25) is 9.59 Å². The minimum absolute atomic E-state index is 0.209. The van der Waals surface area contributed by atoms with Crippen molar-refractivity contribution >= 4 is 36.2 Å². The summed E-state index contributed by atoms with van der Waals surface area (Å²) in [5.41, 5.74) is -0.593. The molecule has 0 aliphatic carbocycles. The van der Waals surface area contributed by atoms with Crippen molar-refractivity contribution in [3.63, 3.8) is 0 Å². The molecule has 8 heteroatoms. The van der Waals surface area contributed by atoms with Crippen LogP contribution in [0.25, 0.3) is 0 Å².